The summed E-state index contributed by atoms with van der Waals surface area (Å²) in [5.41, 5.74) is 7.74. The lowest BCUT2D eigenvalue weighted by Crippen LogP contribution is -2.17. The van der Waals surface area contributed by atoms with Crippen LogP contribution in [0.3, 0.4) is 0 Å². The van der Waals surface area contributed by atoms with Gasteiger partial charge in [-0.05, 0) is 60.9 Å². The van der Waals surface area contributed by atoms with E-state index < -0.39 is 5.97 Å². The minimum Gasteiger partial charge on any atom is -0.407 e. The number of aromatic nitrogens is 2. The molecule has 0 saturated carbocycles. The molecule has 7 nitrogen and oxygen atoms in total. The summed E-state index contributed by atoms with van der Waals surface area (Å²) in [6, 6.07) is 21.7. The van der Waals surface area contributed by atoms with E-state index in [1.54, 1.807) is 4.68 Å². The molecule has 0 aliphatic carbocycles. The second kappa shape index (κ2) is 10.9. The van der Waals surface area contributed by atoms with Gasteiger partial charge in [-0.3, -0.25) is 9.59 Å². The third-order valence-corrected chi connectivity index (χ3v) is 6.30. The van der Waals surface area contributed by atoms with Crippen molar-refractivity contribution in [3.63, 3.8) is 0 Å². The van der Waals surface area contributed by atoms with E-state index in [1.165, 1.54) is 6.92 Å². The Morgan fingerprint density at radius 2 is 1.55 bits per heavy atom. The number of esters is 1. The number of anilines is 2. The van der Waals surface area contributed by atoms with Gasteiger partial charge in [-0.15, -0.1) is 0 Å². The van der Waals surface area contributed by atoms with Gasteiger partial charge in [0.2, 0.25) is 11.8 Å². The number of ether oxygens (including phenoxy) is 1. The number of hydrogen-bond donors (Lipinski definition) is 1. The topological polar surface area (TPSA) is 76.5 Å². The summed E-state index contributed by atoms with van der Waals surface area (Å²) in [5, 5.41) is 7.93. The molecular formula is C31H34N4O3. The summed E-state index contributed by atoms with van der Waals surface area (Å²) < 4.78 is 7.57. The van der Waals surface area contributed by atoms with Gasteiger partial charge < -0.3 is 15.0 Å². The highest BCUT2D eigenvalue weighted by atomic mass is 16.5. The summed E-state index contributed by atoms with van der Waals surface area (Å²) >= 11 is 0. The number of amides is 1. The summed E-state index contributed by atoms with van der Waals surface area (Å²) in [6.07, 6.45) is 0. The minimum atomic E-state index is -0.437. The van der Waals surface area contributed by atoms with Crippen molar-refractivity contribution in [1.29, 1.82) is 0 Å². The molecule has 0 saturated heterocycles. The van der Waals surface area contributed by atoms with E-state index in [9.17, 15) is 9.59 Å². The quantitative estimate of drug-likeness (QED) is 0.291. The third kappa shape index (κ3) is 5.62. The van der Waals surface area contributed by atoms with Crippen molar-refractivity contribution in [3.8, 4) is 34.0 Å². The van der Waals surface area contributed by atoms with Crippen LogP contribution >= 0.6 is 0 Å². The highest BCUT2D eigenvalue weighted by molar-refractivity contribution is 5.93. The van der Waals surface area contributed by atoms with Crippen molar-refractivity contribution in [3.05, 3.63) is 77.9 Å². The lowest BCUT2D eigenvalue weighted by Gasteiger charge is -2.13. The molecule has 196 valence electrons. The molecule has 3 aromatic carbocycles. The molecule has 38 heavy (non-hydrogen) atoms. The molecule has 0 atom stereocenters. The Morgan fingerprint density at radius 1 is 0.921 bits per heavy atom. The van der Waals surface area contributed by atoms with E-state index in [-0.39, 0.29) is 11.8 Å². The molecule has 0 radical (unpaired) electrons. The fourth-order valence-corrected chi connectivity index (χ4v) is 4.13. The van der Waals surface area contributed by atoms with Gasteiger partial charge in [-0.25, -0.2) is 0 Å². The van der Waals surface area contributed by atoms with Crippen molar-refractivity contribution in [2.75, 3.05) is 24.3 Å². The maximum absolute atomic E-state index is 12.3. The van der Waals surface area contributed by atoms with Crippen LogP contribution in [0.2, 0.25) is 0 Å². The first kappa shape index (κ1) is 26.7. The molecular weight excluding hydrogens is 476 g/mol. The van der Waals surface area contributed by atoms with Gasteiger partial charge in [0, 0.05) is 43.9 Å². The van der Waals surface area contributed by atoms with Crippen LogP contribution in [0.15, 0.2) is 66.7 Å². The Hall–Kier alpha value is -4.39. The van der Waals surface area contributed by atoms with E-state index >= 15 is 0 Å². The number of aryl methyl sites for hydroxylation is 2. The van der Waals surface area contributed by atoms with Crippen LogP contribution in [0.5, 0.6) is 5.88 Å². The first-order valence-electron chi connectivity index (χ1n) is 12.6. The lowest BCUT2D eigenvalue weighted by atomic mass is 10.0. The summed E-state index contributed by atoms with van der Waals surface area (Å²) in [7, 11) is 3.99. The summed E-state index contributed by atoms with van der Waals surface area (Å²) in [5.74, 6) is -0.273. The van der Waals surface area contributed by atoms with E-state index in [0.717, 1.165) is 33.6 Å². The highest BCUT2D eigenvalue weighted by Gasteiger charge is 2.25. The molecule has 0 aliphatic rings. The van der Waals surface area contributed by atoms with Gasteiger partial charge in [0.15, 0.2) is 0 Å². The van der Waals surface area contributed by atoms with Crippen molar-refractivity contribution in [2.24, 2.45) is 5.92 Å². The van der Waals surface area contributed by atoms with Gasteiger partial charge in [0.05, 0.1) is 11.3 Å². The maximum atomic E-state index is 12.3. The third-order valence-electron chi connectivity index (χ3n) is 6.30. The molecule has 1 heterocycles. The fourth-order valence-electron chi connectivity index (χ4n) is 4.13. The van der Waals surface area contributed by atoms with Crippen molar-refractivity contribution in [2.45, 2.75) is 34.6 Å². The number of nitrogens with one attached hydrogen (secondary N) is 1. The molecule has 4 rings (SSSR count). The second-order valence-corrected chi connectivity index (χ2v) is 9.99. The predicted octanol–water partition coefficient (Wildman–Crippen LogP) is 6.41. The molecule has 0 bridgehead atoms. The number of nitrogens with zero attached hydrogens (tertiary/aromatic N) is 3. The van der Waals surface area contributed by atoms with Crippen LogP contribution in [0.4, 0.5) is 11.4 Å². The molecule has 0 spiro atoms. The molecule has 0 fully saturated rings. The van der Waals surface area contributed by atoms with Crippen molar-refractivity contribution < 1.29 is 14.3 Å². The Morgan fingerprint density at radius 3 is 2.13 bits per heavy atom. The molecule has 0 unspecified atom stereocenters. The minimum absolute atomic E-state index is 0.0530. The Bertz CT molecular complexity index is 1470. The van der Waals surface area contributed by atoms with Crippen LogP contribution in [-0.4, -0.2) is 35.8 Å². The number of carbonyl (C=O) groups excluding carboxylic acids is 2. The monoisotopic (exact) mass is 510 g/mol. The molecule has 7 heteroatoms. The van der Waals surface area contributed by atoms with E-state index in [1.807, 2.05) is 113 Å². The van der Waals surface area contributed by atoms with Crippen LogP contribution in [0.25, 0.3) is 28.1 Å². The summed E-state index contributed by atoms with van der Waals surface area (Å²) in [4.78, 5) is 26.5. The first-order valence-corrected chi connectivity index (χ1v) is 12.6. The zero-order valence-corrected chi connectivity index (χ0v) is 23.0. The van der Waals surface area contributed by atoms with E-state index in [4.69, 9.17) is 9.84 Å². The molecule has 4 aromatic rings. The second-order valence-electron chi connectivity index (χ2n) is 9.99. The smallest absolute Gasteiger partial charge is 0.309 e. The van der Waals surface area contributed by atoms with Crippen LogP contribution in [0.1, 0.15) is 31.9 Å². The average Bonchev–Trinajstić information content (AvgIpc) is 3.24. The van der Waals surface area contributed by atoms with Gasteiger partial charge in [0.25, 0.3) is 0 Å². The Balaban J connectivity index is 1.95. The Kier molecular flexibility index (Phi) is 7.67. The largest absolute Gasteiger partial charge is 0.407 e. The van der Waals surface area contributed by atoms with E-state index in [2.05, 4.69) is 5.32 Å². The molecule has 1 N–H and O–H groups in total. The molecule has 0 aliphatic heterocycles. The molecule has 1 aromatic heterocycles. The van der Waals surface area contributed by atoms with Crippen LogP contribution in [0, 0.1) is 19.8 Å². The number of rotatable bonds is 7. The zero-order chi connectivity index (χ0) is 27.6. The number of carbonyl (C=O) groups is 2. The van der Waals surface area contributed by atoms with Gasteiger partial charge in [0.1, 0.15) is 5.69 Å². The summed E-state index contributed by atoms with van der Waals surface area (Å²) in [6.45, 7) is 9.12. The van der Waals surface area contributed by atoms with Crippen molar-refractivity contribution >= 4 is 23.3 Å². The maximum Gasteiger partial charge on any atom is 0.309 e. The van der Waals surface area contributed by atoms with Gasteiger partial charge >= 0.3 is 5.97 Å². The fraction of sp³-hybridized carbons (Fsp3) is 0.258. The normalized spacial score (nSPS) is 10.9. The number of hydrogen-bond acceptors (Lipinski definition) is 5. The van der Waals surface area contributed by atoms with E-state index in [0.29, 0.717) is 22.8 Å². The van der Waals surface area contributed by atoms with Crippen LogP contribution < -0.4 is 15.0 Å². The van der Waals surface area contributed by atoms with Gasteiger partial charge in [-0.2, -0.15) is 9.78 Å². The van der Waals surface area contributed by atoms with Gasteiger partial charge in [-0.1, -0.05) is 50.2 Å². The SMILES string of the molecule is CC(=O)Oc1c(-c2ccc(NC(=O)C(C)C)cc2)c(-c2ccc(N(C)C)cc2)nn1-c1cc(C)ccc1C. The zero-order valence-electron chi connectivity index (χ0n) is 23.0. The van der Waals surface area contributed by atoms with Crippen molar-refractivity contribution in [1.82, 2.24) is 9.78 Å². The number of benzene rings is 3. The lowest BCUT2D eigenvalue weighted by molar-refractivity contribution is -0.132. The van der Waals surface area contributed by atoms with Crippen LogP contribution in [-0.2, 0) is 9.59 Å². The standard InChI is InChI=1S/C31H34N4O3/c1-19(2)30(37)32-25-14-10-23(11-15-25)28-29(24-12-16-26(17-13-24)34(6)7)33-35(31(28)38-22(5)36)27-18-20(3)8-9-21(27)4/h8-19H,1-7H3,(H,32,37). The predicted molar refractivity (Wildman–Crippen MR) is 153 cm³/mol. The Labute approximate surface area is 224 Å². The molecule has 1 amide bonds. The highest BCUT2D eigenvalue weighted by Crippen LogP contribution is 2.42. The average molecular weight is 511 g/mol. The first-order chi connectivity index (χ1) is 18.0.